The quantitative estimate of drug-likeness (QED) is 0.654. The average Bonchev–Trinajstić information content (AvgIpc) is 3.54. The predicted octanol–water partition coefficient (Wildman–Crippen LogP) is 3.00. The predicted molar refractivity (Wildman–Crippen MR) is 135 cm³/mol. The third kappa shape index (κ3) is 4.72. The summed E-state index contributed by atoms with van der Waals surface area (Å²) in [5, 5.41) is 2.88. The number of piperazine rings is 1. The highest BCUT2D eigenvalue weighted by atomic mass is 19.1. The molecular weight excluding hydrogens is 457 g/mol. The van der Waals surface area contributed by atoms with Gasteiger partial charge in [0.15, 0.2) is 0 Å². The van der Waals surface area contributed by atoms with E-state index in [1.54, 1.807) is 18.5 Å². The lowest BCUT2D eigenvalue weighted by molar-refractivity contribution is -0.154. The molecule has 36 heavy (non-hydrogen) atoms. The van der Waals surface area contributed by atoms with Crippen LogP contribution in [0.3, 0.4) is 0 Å². The van der Waals surface area contributed by atoms with Crippen molar-refractivity contribution < 1.29 is 14.0 Å². The highest BCUT2D eigenvalue weighted by Crippen LogP contribution is 2.40. The number of anilines is 1. The van der Waals surface area contributed by atoms with Gasteiger partial charge in [0.05, 0.1) is 6.54 Å². The van der Waals surface area contributed by atoms with Gasteiger partial charge in [-0.05, 0) is 49.9 Å². The molecule has 0 aromatic carbocycles. The number of rotatable bonds is 5. The molecule has 2 aromatic rings. The van der Waals surface area contributed by atoms with Crippen molar-refractivity contribution >= 4 is 17.6 Å². The van der Waals surface area contributed by atoms with Crippen LogP contribution in [0, 0.1) is 17.8 Å². The highest BCUT2D eigenvalue weighted by molar-refractivity contribution is 5.92. The van der Waals surface area contributed by atoms with Crippen LogP contribution in [0.15, 0.2) is 36.7 Å². The van der Waals surface area contributed by atoms with Gasteiger partial charge in [0, 0.05) is 55.1 Å². The first-order valence-corrected chi connectivity index (χ1v) is 12.8. The number of halogens is 1. The van der Waals surface area contributed by atoms with E-state index in [4.69, 9.17) is 0 Å². The first-order valence-electron chi connectivity index (χ1n) is 12.8. The summed E-state index contributed by atoms with van der Waals surface area (Å²) in [7, 11) is 0. The van der Waals surface area contributed by atoms with Gasteiger partial charge in [-0.3, -0.25) is 19.5 Å². The maximum absolute atomic E-state index is 13.5. The first kappa shape index (κ1) is 24.4. The van der Waals surface area contributed by atoms with E-state index < -0.39 is 12.2 Å². The van der Waals surface area contributed by atoms with Crippen molar-refractivity contribution in [1.29, 1.82) is 0 Å². The second kappa shape index (κ2) is 10.4. The van der Waals surface area contributed by atoms with Gasteiger partial charge in [-0.25, -0.2) is 9.37 Å². The topological polar surface area (TPSA) is 78.4 Å². The van der Waals surface area contributed by atoms with E-state index in [-0.39, 0.29) is 23.8 Å². The summed E-state index contributed by atoms with van der Waals surface area (Å²) >= 11 is 0. The third-order valence-electron chi connectivity index (χ3n) is 7.80. The summed E-state index contributed by atoms with van der Waals surface area (Å²) in [6, 6.07) is 7.41. The van der Waals surface area contributed by atoms with E-state index in [2.05, 4.69) is 32.0 Å². The molecule has 2 aromatic heterocycles. The number of carbonyl (C=O) groups excluding carboxylic acids is 2. The van der Waals surface area contributed by atoms with Gasteiger partial charge in [0.2, 0.25) is 11.8 Å². The number of aromatic nitrogens is 2. The number of carbonyl (C=O) groups is 2. The largest absolute Gasteiger partial charge is 0.326 e. The second-order valence-corrected chi connectivity index (χ2v) is 10.1. The van der Waals surface area contributed by atoms with Crippen LogP contribution in [0.1, 0.15) is 49.4 Å². The zero-order valence-electron chi connectivity index (χ0n) is 20.7. The lowest BCUT2D eigenvalue weighted by Crippen LogP contribution is -2.67. The fourth-order valence-corrected chi connectivity index (χ4v) is 5.94. The van der Waals surface area contributed by atoms with E-state index >= 15 is 0 Å². The molecule has 188 valence electrons. The van der Waals surface area contributed by atoms with E-state index in [9.17, 15) is 14.0 Å². The van der Waals surface area contributed by atoms with E-state index in [0.717, 1.165) is 42.5 Å². The maximum Gasteiger partial charge on any atom is 0.244 e. The van der Waals surface area contributed by atoms with Crippen molar-refractivity contribution in [3.8, 4) is 11.8 Å². The lowest BCUT2D eigenvalue weighted by Gasteiger charge is -2.50. The minimum Gasteiger partial charge on any atom is -0.326 e. The number of hydrogen-bond acceptors (Lipinski definition) is 5. The van der Waals surface area contributed by atoms with Gasteiger partial charge < -0.3 is 10.2 Å². The summed E-state index contributed by atoms with van der Waals surface area (Å²) in [5.74, 6) is 6.75. The van der Waals surface area contributed by atoms with Crippen molar-refractivity contribution in [3.05, 3.63) is 53.5 Å². The molecule has 1 aliphatic heterocycles. The molecule has 1 unspecified atom stereocenters. The Bertz CT molecular complexity index is 1190. The van der Waals surface area contributed by atoms with Crippen molar-refractivity contribution in [1.82, 2.24) is 19.8 Å². The Labute approximate surface area is 211 Å². The molecular formula is C28H32FN5O2. The molecule has 3 heterocycles. The molecule has 2 amide bonds. The smallest absolute Gasteiger partial charge is 0.244 e. The number of amides is 2. The molecule has 1 saturated heterocycles. The Kier molecular flexibility index (Phi) is 7.01. The molecule has 0 radical (unpaired) electrons. The number of alkyl halides is 1. The molecule has 8 heteroatoms. The first-order chi connectivity index (χ1) is 17.5. The molecule has 0 bridgehead atoms. The minimum absolute atomic E-state index is 0.0129. The summed E-state index contributed by atoms with van der Waals surface area (Å²) < 4.78 is 13.2. The molecule has 1 spiro atoms. The Morgan fingerprint density at radius 3 is 2.83 bits per heavy atom. The second-order valence-electron chi connectivity index (χ2n) is 10.1. The molecule has 2 fully saturated rings. The summed E-state index contributed by atoms with van der Waals surface area (Å²) in [6.07, 6.45) is 8.21. The SMILES string of the molecule is CC1CN(CCF)C2(CCCC2)C(=O)N1CC#Cc1cnc2c(c1)C[C@H](C(=O)Nc1ccccn1)C2. The van der Waals surface area contributed by atoms with Gasteiger partial charge in [0.25, 0.3) is 0 Å². The third-order valence-corrected chi connectivity index (χ3v) is 7.80. The van der Waals surface area contributed by atoms with Crippen LogP contribution < -0.4 is 5.32 Å². The van der Waals surface area contributed by atoms with Gasteiger partial charge in [0.1, 0.15) is 18.0 Å². The van der Waals surface area contributed by atoms with Crippen LogP contribution in [0.25, 0.3) is 0 Å². The number of pyridine rings is 2. The van der Waals surface area contributed by atoms with Gasteiger partial charge in [-0.1, -0.05) is 30.7 Å². The normalized spacial score (nSPS) is 22.8. The fourth-order valence-electron chi connectivity index (χ4n) is 5.94. The highest BCUT2D eigenvalue weighted by Gasteiger charge is 2.52. The molecule has 5 rings (SSSR count). The number of nitrogens with zero attached hydrogens (tertiary/aromatic N) is 4. The maximum atomic E-state index is 13.5. The van der Waals surface area contributed by atoms with E-state index in [0.29, 0.717) is 38.3 Å². The summed E-state index contributed by atoms with van der Waals surface area (Å²) in [5.41, 5.74) is 2.20. The number of hydrogen-bond donors (Lipinski definition) is 1. The lowest BCUT2D eigenvalue weighted by atomic mass is 9.88. The van der Waals surface area contributed by atoms with Crippen molar-refractivity contribution in [3.63, 3.8) is 0 Å². The van der Waals surface area contributed by atoms with E-state index in [1.807, 2.05) is 30.0 Å². The van der Waals surface area contributed by atoms with Crippen LogP contribution in [-0.4, -0.2) is 69.5 Å². The van der Waals surface area contributed by atoms with Crippen molar-refractivity contribution in [2.24, 2.45) is 5.92 Å². The van der Waals surface area contributed by atoms with Gasteiger partial charge in [-0.15, -0.1) is 0 Å². The Hall–Kier alpha value is -3.31. The zero-order chi connectivity index (χ0) is 25.1. The standard InChI is InChI=1S/C28H32FN5O2/c1-20-19-33(14-11-29)28(9-3-4-10-28)27(36)34(20)13-6-7-21-15-22-16-23(17-24(22)31-18-21)26(35)32-25-8-2-5-12-30-25/h2,5,8,12,15,18,20,23H,3-4,9-11,13-14,16-17,19H2,1H3,(H,30,32,35)/t20?,23-/m0/s1. The molecule has 1 N–H and O–H groups in total. The van der Waals surface area contributed by atoms with Crippen LogP contribution in [0.4, 0.5) is 10.2 Å². The van der Waals surface area contributed by atoms with Crippen LogP contribution >= 0.6 is 0 Å². The number of nitrogens with one attached hydrogen (secondary N) is 1. The summed E-state index contributed by atoms with van der Waals surface area (Å²) in [6.45, 7) is 2.92. The molecule has 1 saturated carbocycles. The van der Waals surface area contributed by atoms with Crippen molar-refractivity contribution in [2.45, 2.75) is 57.0 Å². The fraction of sp³-hybridized carbons (Fsp3) is 0.500. The van der Waals surface area contributed by atoms with Gasteiger partial charge in [-0.2, -0.15) is 0 Å². The van der Waals surface area contributed by atoms with Crippen LogP contribution in [0.2, 0.25) is 0 Å². The van der Waals surface area contributed by atoms with E-state index in [1.165, 1.54) is 0 Å². The molecule has 2 aliphatic carbocycles. The zero-order valence-corrected chi connectivity index (χ0v) is 20.7. The van der Waals surface area contributed by atoms with Gasteiger partial charge >= 0.3 is 0 Å². The average molecular weight is 490 g/mol. The Morgan fingerprint density at radius 2 is 2.08 bits per heavy atom. The van der Waals surface area contributed by atoms with Crippen LogP contribution in [0.5, 0.6) is 0 Å². The monoisotopic (exact) mass is 489 g/mol. The summed E-state index contributed by atoms with van der Waals surface area (Å²) in [4.78, 5) is 38.8. The number of fused-ring (bicyclic) bond motifs is 1. The Morgan fingerprint density at radius 1 is 1.25 bits per heavy atom. The molecule has 2 atom stereocenters. The molecule has 7 nitrogen and oxygen atoms in total. The molecule has 3 aliphatic rings. The minimum atomic E-state index is -0.555. The van der Waals surface area contributed by atoms with Crippen molar-refractivity contribution in [2.75, 3.05) is 31.6 Å². The Balaban J connectivity index is 1.23. The van der Waals surface area contributed by atoms with Crippen LogP contribution in [-0.2, 0) is 22.4 Å².